The first-order valence-corrected chi connectivity index (χ1v) is 9.78. The molecule has 2 aliphatic heterocycles. The van der Waals surface area contributed by atoms with Gasteiger partial charge >= 0.3 is 0 Å². The van der Waals surface area contributed by atoms with Crippen LogP contribution in [-0.4, -0.2) is 11.9 Å². The number of aliphatic imine (C=N–C) groups is 1. The summed E-state index contributed by atoms with van der Waals surface area (Å²) < 4.78 is 6.78. The first-order chi connectivity index (χ1) is 12.8. The van der Waals surface area contributed by atoms with Gasteiger partial charge in [-0.1, -0.05) is 48.4 Å². The van der Waals surface area contributed by atoms with Crippen LogP contribution in [0.2, 0.25) is 0 Å². The highest BCUT2D eigenvalue weighted by Gasteiger charge is 2.56. The Balaban J connectivity index is 1.64. The van der Waals surface area contributed by atoms with E-state index >= 15 is 0 Å². The molecule has 3 aliphatic rings. The van der Waals surface area contributed by atoms with E-state index in [2.05, 4.69) is 76.3 Å². The molecule has 1 aliphatic carbocycles. The van der Waals surface area contributed by atoms with E-state index in [4.69, 9.17) is 9.73 Å². The van der Waals surface area contributed by atoms with E-state index < -0.39 is 5.72 Å². The lowest BCUT2D eigenvalue weighted by molar-refractivity contribution is 0.0410. The molecule has 138 valence electrons. The average molecular weight is 358 g/mol. The second kappa shape index (κ2) is 5.25. The van der Waals surface area contributed by atoms with Gasteiger partial charge < -0.3 is 10.1 Å². The van der Waals surface area contributed by atoms with E-state index in [1.165, 1.54) is 27.8 Å². The van der Waals surface area contributed by atoms with Gasteiger partial charge in [0, 0.05) is 11.1 Å². The topological polar surface area (TPSA) is 33.6 Å². The van der Waals surface area contributed by atoms with Crippen molar-refractivity contribution in [1.82, 2.24) is 5.32 Å². The Morgan fingerprint density at radius 1 is 1.15 bits per heavy atom. The zero-order chi connectivity index (χ0) is 19.0. The summed E-state index contributed by atoms with van der Waals surface area (Å²) in [5.74, 6) is 1.43. The fourth-order valence-electron chi connectivity index (χ4n) is 4.60. The van der Waals surface area contributed by atoms with Crippen LogP contribution in [0.3, 0.4) is 0 Å². The minimum Gasteiger partial charge on any atom is -0.459 e. The lowest BCUT2D eigenvalue weighted by Crippen LogP contribution is -2.58. The van der Waals surface area contributed by atoms with Crippen LogP contribution in [0, 0.1) is 18.3 Å². The van der Waals surface area contributed by atoms with Crippen molar-refractivity contribution in [2.75, 3.05) is 0 Å². The van der Waals surface area contributed by atoms with Crippen LogP contribution in [0.25, 0.3) is 10.8 Å². The van der Waals surface area contributed by atoms with Crippen LogP contribution in [0.4, 0.5) is 5.69 Å². The Morgan fingerprint density at radius 3 is 2.78 bits per heavy atom. The molecule has 27 heavy (non-hydrogen) atoms. The smallest absolute Gasteiger partial charge is 0.226 e. The van der Waals surface area contributed by atoms with Crippen LogP contribution < -0.4 is 10.1 Å². The molecule has 1 spiro atoms. The summed E-state index contributed by atoms with van der Waals surface area (Å²) in [6.45, 7) is 11.2. The molecule has 3 nitrogen and oxygen atoms in total. The molecule has 0 radical (unpaired) electrons. The van der Waals surface area contributed by atoms with Crippen LogP contribution in [0.1, 0.15) is 39.7 Å². The zero-order valence-corrected chi connectivity index (χ0v) is 16.7. The van der Waals surface area contributed by atoms with Crippen molar-refractivity contribution in [3.8, 4) is 5.75 Å². The van der Waals surface area contributed by atoms with Crippen molar-refractivity contribution in [3.63, 3.8) is 0 Å². The van der Waals surface area contributed by atoms with E-state index in [1.54, 1.807) is 0 Å². The number of aryl methyl sites for hydroxylation is 1. The standard InChI is InChI=1S/C24H26N2O/c1-14-6-8-18-17(10-14)7-9-20-22(18)27-24(13-25-20)23(4,5)19-11-15(2)16(3)12-21(19)26-24/h6-11,13,16,26H,12H2,1-5H3. The molecule has 2 unspecified atom stereocenters. The number of nitrogens with zero attached hydrogens (tertiary/aromatic N) is 1. The Labute approximate surface area is 160 Å². The average Bonchev–Trinajstić information content (AvgIpc) is 2.82. The number of rotatable bonds is 0. The van der Waals surface area contributed by atoms with Gasteiger partial charge in [0.15, 0.2) is 5.75 Å². The number of ether oxygens (including phenoxy) is 1. The summed E-state index contributed by atoms with van der Waals surface area (Å²) in [6, 6.07) is 10.7. The molecule has 3 heteroatoms. The third-order valence-electron chi connectivity index (χ3n) is 6.68. The Morgan fingerprint density at radius 2 is 1.96 bits per heavy atom. The molecule has 0 saturated heterocycles. The molecule has 1 N–H and O–H groups in total. The number of benzene rings is 2. The summed E-state index contributed by atoms with van der Waals surface area (Å²) in [7, 11) is 0. The van der Waals surface area contributed by atoms with E-state index in [9.17, 15) is 0 Å². The first-order valence-electron chi connectivity index (χ1n) is 9.78. The Kier molecular flexibility index (Phi) is 3.23. The van der Waals surface area contributed by atoms with Crippen LogP contribution in [0.5, 0.6) is 5.75 Å². The second-order valence-electron chi connectivity index (χ2n) is 8.87. The maximum absolute atomic E-state index is 6.78. The van der Waals surface area contributed by atoms with Gasteiger partial charge in [0.1, 0.15) is 5.69 Å². The molecule has 5 rings (SSSR count). The highest BCUT2D eigenvalue weighted by molar-refractivity contribution is 5.96. The van der Waals surface area contributed by atoms with Crippen LogP contribution >= 0.6 is 0 Å². The molecule has 0 fully saturated rings. The zero-order valence-electron chi connectivity index (χ0n) is 16.7. The fraction of sp³-hybridized carbons (Fsp3) is 0.375. The van der Waals surface area contributed by atoms with Crippen molar-refractivity contribution < 1.29 is 4.74 Å². The minimum atomic E-state index is -0.648. The lowest BCUT2D eigenvalue weighted by Gasteiger charge is -2.42. The Bertz CT molecular complexity index is 1070. The SMILES string of the molecule is CC1=CC2=C(CC1C)NC1(C=Nc3ccc4cc(C)ccc4c3O1)C2(C)C. The number of allylic oxidation sites excluding steroid dienone is 3. The first kappa shape index (κ1) is 16.6. The maximum atomic E-state index is 6.78. The molecule has 0 bridgehead atoms. The van der Waals surface area contributed by atoms with Gasteiger partial charge in [-0.15, -0.1) is 0 Å². The number of nitrogens with one attached hydrogen (secondary N) is 1. The van der Waals surface area contributed by atoms with Gasteiger partial charge in [0.05, 0.1) is 11.6 Å². The van der Waals surface area contributed by atoms with Crippen LogP contribution in [-0.2, 0) is 0 Å². The van der Waals surface area contributed by atoms with Gasteiger partial charge in [-0.2, -0.15) is 0 Å². The van der Waals surface area contributed by atoms with E-state index in [0.717, 1.165) is 23.2 Å². The van der Waals surface area contributed by atoms with E-state index in [0.29, 0.717) is 5.92 Å². The van der Waals surface area contributed by atoms with E-state index in [-0.39, 0.29) is 5.41 Å². The Hall–Kier alpha value is -2.55. The van der Waals surface area contributed by atoms with Crippen molar-refractivity contribution in [2.45, 2.75) is 46.8 Å². The molecule has 0 saturated carbocycles. The molecule has 0 aromatic heterocycles. The van der Waals surface area contributed by atoms with Crippen molar-refractivity contribution >= 4 is 22.7 Å². The number of fused-ring (bicyclic) bond motifs is 3. The third-order valence-corrected chi connectivity index (χ3v) is 6.68. The fourth-order valence-corrected chi connectivity index (χ4v) is 4.60. The molecule has 2 heterocycles. The molecule has 2 atom stereocenters. The molecular weight excluding hydrogens is 332 g/mol. The molecule has 2 aromatic carbocycles. The quantitative estimate of drug-likeness (QED) is 0.645. The van der Waals surface area contributed by atoms with Gasteiger partial charge in [0.25, 0.3) is 0 Å². The predicted molar refractivity (Wildman–Crippen MR) is 112 cm³/mol. The van der Waals surface area contributed by atoms with Crippen molar-refractivity contribution in [2.24, 2.45) is 16.3 Å². The normalized spacial score (nSPS) is 27.9. The van der Waals surface area contributed by atoms with Crippen molar-refractivity contribution in [1.29, 1.82) is 0 Å². The predicted octanol–water partition coefficient (Wildman–Crippen LogP) is 5.81. The summed E-state index contributed by atoms with van der Waals surface area (Å²) >= 11 is 0. The minimum absolute atomic E-state index is 0.211. The number of hydrogen-bond donors (Lipinski definition) is 1. The lowest BCUT2D eigenvalue weighted by atomic mass is 9.74. The number of hydrogen-bond acceptors (Lipinski definition) is 3. The van der Waals surface area contributed by atoms with E-state index in [1.807, 2.05) is 6.21 Å². The van der Waals surface area contributed by atoms with Gasteiger partial charge in [0.2, 0.25) is 5.72 Å². The van der Waals surface area contributed by atoms with Gasteiger partial charge in [-0.25, -0.2) is 0 Å². The van der Waals surface area contributed by atoms with Crippen molar-refractivity contribution in [3.05, 3.63) is 58.8 Å². The molecule has 2 aromatic rings. The summed E-state index contributed by atoms with van der Waals surface area (Å²) in [4.78, 5) is 4.83. The van der Waals surface area contributed by atoms with Gasteiger partial charge in [-0.3, -0.25) is 4.99 Å². The van der Waals surface area contributed by atoms with Gasteiger partial charge in [-0.05, 0) is 57.1 Å². The molecular formula is C24H26N2O. The highest BCUT2D eigenvalue weighted by Crippen LogP contribution is 2.53. The maximum Gasteiger partial charge on any atom is 0.226 e. The summed E-state index contributed by atoms with van der Waals surface area (Å²) in [5, 5.41) is 6.05. The summed E-state index contributed by atoms with van der Waals surface area (Å²) in [6.07, 6.45) is 5.35. The second-order valence-corrected chi connectivity index (χ2v) is 8.87. The highest BCUT2D eigenvalue weighted by atomic mass is 16.5. The van der Waals surface area contributed by atoms with Crippen LogP contribution in [0.15, 0.2) is 58.2 Å². The summed E-state index contributed by atoms with van der Waals surface area (Å²) in [5.41, 5.74) is 5.38. The monoisotopic (exact) mass is 358 g/mol. The molecule has 0 amide bonds. The third kappa shape index (κ3) is 2.17. The largest absolute Gasteiger partial charge is 0.459 e.